The molecular weight excluding hydrogens is 270 g/mol. The number of amides is 1. The molecule has 0 aliphatic carbocycles. The van der Waals surface area contributed by atoms with Gasteiger partial charge in [-0.15, -0.1) is 0 Å². The number of likely N-dealkylation sites (N-methyl/N-ethyl adjacent to an activating group) is 1. The zero-order valence-corrected chi connectivity index (χ0v) is 13.0. The topological polar surface area (TPSA) is 70.6 Å². The van der Waals surface area contributed by atoms with Crippen molar-refractivity contribution in [3.05, 3.63) is 12.4 Å². The van der Waals surface area contributed by atoms with Crippen LogP contribution in [0.1, 0.15) is 13.8 Å². The standard InChI is InChI=1S/C14H23N5O2/c1-10(2)21-13-9-16-8-12(17-13)19-6-5-15-7-11(19)14(20)18(3)4/h8-11,15H,5-7H2,1-4H3. The number of nitrogens with one attached hydrogen (secondary N) is 1. The van der Waals surface area contributed by atoms with E-state index in [-0.39, 0.29) is 18.1 Å². The first kappa shape index (κ1) is 15.5. The van der Waals surface area contributed by atoms with E-state index in [4.69, 9.17) is 4.74 Å². The van der Waals surface area contributed by atoms with Crippen molar-refractivity contribution in [2.75, 3.05) is 38.6 Å². The maximum Gasteiger partial charge on any atom is 0.246 e. The minimum absolute atomic E-state index is 0.0387. The molecule has 1 atom stereocenters. The third-order valence-electron chi connectivity index (χ3n) is 3.22. The maximum absolute atomic E-state index is 12.3. The summed E-state index contributed by atoms with van der Waals surface area (Å²) < 4.78 is 5.58. The van der Waals surface area contributed by atoms with Gasteiger partial charge in [-0.25, -0.2) is 0 Å². The van der Waals surface area contributed by atoms with Crippen molar-refractivity contribution in [2.24, 2.45) is 0 Å². The van der Waals surface area contributed by atoms with Gasteiger partial charge in [-0.2, -0.15) is 4.98 Å². The summed E-state index contributed by atoms with van der Waals surface area (Å²) >= 11 is 0. The molecule has 0 bridgehead atoms. The minimum atomic E-state index is -0.266. The maximum atomic E-state index is 12.3. The van der Waals surface area contributed by atoms with Crippen LogP contribution in [0, 0.1) is 0 Å². The Labute approximate surface area is 125 Å². The highest BCUT2D eigenvalue weighted by molar-refractivity contribution is 5.85. The fourth-order valence-corrected chi connectivity index (χ4v) is 2.27. The van der Waals surface area contributed by atoms with Gasteiger partial charge >= 0.3 is 0 Å². The van der Waals surface area contributed by atoms with Crippen LogP contribution < -0.4 is 15.0 Å². The second-order valence-electron chi connectivity index (χ2n) is 5.53. The van der Waals surface area contributed by atoms with Gasteiger partial charge in [-0.3, -0.25) is 9.78 Å². The number of piperazine rings is 1. The number of hydrogen-bond acceptors (Lipinski definition) is 6. The molecule has 1 amide bonds. The second-order valence-corrected chi connectivity index (χ2v) is 5.53. The molecule has 1 aliphatic rings. The average molecular weight is 293 g/mol. The number of carbonyl (C=O) groups excluding carboxylic acids is 1. The van der Waals surface area contributed by atoms with Crippen LogP contribution in [0.5, 0.6) is 5.88 Å². The van der Waals surface area contributed by atoms with Gasteiger partial charge in [0.1, 0.15) is 6.04 Å². The first-order valence-electron chi connectivity index (χ1n) is 7.16. The molecule has 1 N–H and O–H groups in total. The quantitative estimate of drug-likeness (QED) is 0.851. The lowest BCUT2D eigenvalue weighted by atomic mass is 10.1. The van der Waals surface area contributed by atoms with Crippen molar-refractivity contribution in [3.8, 4) is 5.88 Å². The molecule has 1 aliphatic heterocycles. The SMILES string of the molecule is CC(C)Oc1cncc(N2CCNCC2C(=O)N(C)C)n1. The number of aromatic nitrogens is 2. The number of nitrogens with zero attached hydrogens (tertiary/aromatic N) is 4. The van der Waals surface area contributed by atoms with Crippen LogP contribution in [-0.2, 0) is 4.79 Å². The largest absolute Gasteiger partial charge is 0.474 e. The molecule has 0 aromatic carbocycles. The van der Waals surface area contributed by atoms with E-state index in [0.717, 1.165) is 6.54 Å². The van der Waals surface area contributed by atoms with Crippen molar-refractivity contribution in [1.29, 1.82) is 0 Å². The van der Waals surface area contributed by atoms with Crippen molar-refractivity contribution < 1.29 is 9.53 Å². The summed E-state index contributed by atoms with van der Waals surface area (Å²) in [7, 11) is 3.53. The van der Waals surface area contributed by atoms with Gasteiger partial charge in [0.25, 0.3) is 0 Å². The zero-order chi connectivity index (χ0) is 15.4. The van der Waals surface area contributed by atoms with Gasteiger partial charge in [0.15, 0.2) is 5.82 Å². The smallest absolute Gasteiger partial charge is 0.246 e. The highest BCUT2D eigenvalue weighted by Crippen LogP contribution is 2.19. The van der Waals surface area contributed by atoms with E-state index in [1.54, 1.807) is 31.4 Å². The third kappa shape index (κ3) is 3.81. The summed E-state index contributed by atoms with van der Waals surface area (Å²) in [5.41, 5.74) is 0. The lowest BCUT2D eigenvalue weighted by Gasteiger charge is -2.37. The van der Waals surface area contributed by atoms with Gasteiger partial charge in [-0.1, -0.05) is 0 Å². The minimum Gasteiger partial charge on any atom is -0.474 e. The first-order chi connectivity index (χ1) is 9.99. The molecule has 1 aromatic rings. The molecule has 0 spiro atoms. The molecule has 116 valence electrons. The lowest BCUT2D eigenvalue weighted by molar-refractivity contribution is -0.130. The molecule has 1 fully saturated rings. The number of rotatable bonds is 4. The third-order valence-corrected chi connectivity index (χ3v) is 3.22. The van der Waals surface area contributed by atoms with E-state index >= 15 is 0 Å². The molecule has 7 heteroatoms. The van der Waals surface area contributed by atoms with Crippen molar-refractivity contribution in [1.82, 2.24) is 20.2 Å². The summed E-state index contributed by atoms with van der Waals surface area (Å²) in [6.45, 7) is 6.02. The lowest BCUT2D eigenvalue weighted by Crippen LogP contribution is -2.58. The molecule has 7 nitrogen and oxygen atoms in total. The van der Waals surface area contributed by atoms with Crippen molar-refractivity contribution in [2.45, 2.75) is 26.0 Å². The van der Waals surface area contributed by atoms with Crippen molar-refractivity contribution in [3.63, 3.8) is 0 Å². The molecule has 1 aromatic heterocycles. The molecular formula is C14H23N5O2. The Hall–Kier alpha value is -1.89. The van der Waals surface area contributed by atoms with E-state index in [9.17, 15) is 4.79 Å². The van der Waals surface area contributed by atoms with Crippen LogP contribution in [0.4, 0.5) is 5.82 Å². The fourth-order valence-electron chi connectivity index (χ4n) is 2.27. The molecule has 0 saturated carbocycles. The van der Waals surface area contributed by atoms with Crippen LogP contribution in [0.3, 0.4) is 0 Å². The molecule has 21 heavy (non-hydrogen) atoms. The van der Waals surface area contributed by atoms with Crippen LogP contribution in [0.15, 0.2) is 12.4 Å². The molecule has 0 radical (unpaired) electrons. The van der Waals surface area contributed by atoms with Crippen LogP contribution in [0.25, 0.3) is 0 Å². The Kier molecular flexibility index (Phi) is 4.95. The summed E-state index contributed by atoms with van der Waals surface area (Å²) in [6.07, 6.45) is 3.31. The molecule has 2 heterocycles. The van der Waals surface area contributed by atoms with Gasteiger partial charge in [0, 0.05) is 33.7 Å². The Morgan fingerprint density at radius 1 is 1.48 bits per heavy atom. The predicted octanol–water partition coefficient (Wildman–Crippen LogP) is 0.130. The Bertz CT molecular complexity index is 492. The normalized spacial score (nSPS) is 18.7. The predicted molar refractivity (Wildman–Crippen MR) is 80.5 cm³/mol. The second kappa shape index (κ2) is 6.71. The van der Waals surface area contributed by atoms with Gasteiger partial charge in [0.05, 0.1) is 18.5 Å². The van der Waals surface area contributed by atoms with E-state index < -0.39 is 0 Å². The Balaban J connectivity index is 2.23. The number of hydrogen-bond donors (Lipinski definition) is 1. The number of ether oxygens (including phenoxy) is 1. The van der Waals surface area contributed by atoms with Crippen LogP contribution in [-0.4, -0.2) is 66.7 Å². The number of carbonyl (C=O) groups is 1. The molecule has 1 saturated heterocycles. The number of anilines is 1. The van der Waals surface area contributed by atoms with E-state index in [2.05, 4.69) is 15.3 Å². The van der Waals surface area contributed by atoms with E-state index in [1.165, 1.54) is 0 Å². The summed E-state index contributed by atoms with van der Waals surface area (Å²) in [4.78, 5) is 24.5. The van der Waals surface area contributed by atoms with Gasteiger partial charge < -0.3 is 19.9 Å². The fraction of sp³-hybridized carbons (Fsp3) is 0.643. The summed E-state index contributed by atoms with van der Waals surface area (Å²) in [6, 6.07) is -0.266. The summed E-state index contributed by atoms with van der Waals surface area (Å²) in [5.74, 6) is 1.21. The molecule has 1 unspecified atom stereocenters. The summed E-state index contributed by atoms with van der Waals surface area (Å²) in [5, 5.41) is 3.25. The Morgan fingerprint density at radius 3 is 2.90 bits per heavy atom. The Morgan fingerprint density at radius 2 is 2.24 bits per heavy atom. The highest BCUT2D eigenvalue weighted by atomic mass is 16.5. The highest BCUT2D eigenvalue weighted by Gasteiger charge is 2.31. The first-order valence-corrected chi connectivity index (χ1v) is 7.16. The van der Waals surface area contributed by atoms with Crippen LogP contribution >= 0.6 is 0 Å². The van der Waals surface area contributed by atoms with Gasteiger partial charge in [-0.05, 0) is 13.8 Å². The van der Waals surface area contributed by atoms with E-state index in [1.807, 2.05) is 18.7 Å². The van der Waals surface area contributed by atoms with E-state index in [0.29, 0.717) is 24.8 Å². The average Bonchev–Trinajstić information content (AvgIpc) is 2.46. The zero-order valence-electron chi connectivity index (χ0n) is 13.0. The van der Waals surface area contributed by atoms with Crippen LogP contribution in [0.2, 0.25) is 0 Å². The van der Waals surface area contributed by atoms with Gasteiger partial charge in [0.2, 0.25) is 11.8 Å². The molecule has 2 rings (SSSR count). The monoisotopic (exact) mass is 293 g/mol. The van der Waals surface area contributed by atoms with Crippen molar-refractivity contribution >= 4 is 11.7 Å².